The van der Waals surface area contributed by atoms with Crippen LogP contribution in [0.1, 0.15) is 79.5 Å². The summed E-state index contributed by atoms with van der Waals surface area (Å²) in [5, 5.41) is 3.03. The molecule has 4 heteroatoms. The SMILES string of the molecule is CC(C)(C)C(=O)Nc1ccc2c(c1)nc(C(C)(C)C)n2CC1CCCCC1. The number of imidazole rings is 1. The summed E-state index contributed by atoms with van der Waals surface area (Å²) >= 11 is 0. The molecule has 0 spiro atoms. The molecule has 1 N–H and O–H groups in total. The van der Waals surface area contributed by atoms with E-state index in [0.29, 0.717) is 0 Å². The molecule has 0 aliphatic heterocycles. The van der Waals surface area contributed by atoms with Crippen molar-refractivity contribution in [2.75, 3.05) is 5.32 Å². The summed E-state index contributed by atoms with van der Waals surface area (Å²) in [5.41, 5.74) is 2.56. The highest BCUT2D eigenvalue weighted by Crippen LogP contribution is 2.32. The van der Waals surface area contributed by atoms with E-state index in [9.17, 15) is 4.79 Å². The number of amides is 1. The van der Waals surface area contributed by atoms with E-state index in [1.54, 1.807) is 0 Å². The van der Waals surface area contributed by atoms with Crippen LogP contribution in [0, 0.1) is 11.3 Å². The van der Waals surface area contributed by atoms with Crippen LogP contribution in [-0.4, -0.2) is 15.5 Å². The lowest BCUT2D eigenvalue weighted by molar-refractivity contribution is -0.123. The molecule has 0 unspecified atom stereocenters. The van der Waals surface area contributed by atoms with Gasteiger partial charge in [-0.2, -0.15) is 0 Å². The second-order valence-electron chi connectivity index (χ2n) is 10.2. The summed E-state index contributed by atoms with van der Waals surface area (Å²) < 4.78 is 2.43. The molecule has 1 aliphatic rings. The Morgan fingerprint density at radius 3 is 2.37 bits per heavy atom. The Labute approximate surface area is 163 Å². The van der Waals surface area contributed by atoms with Gasteiger partial charge in [0, 0.05) is 23.1 Å². The van der Waals surface area contributed by atoms with Gasteiger partial charge in [-0.3, -0.25) is 4.79 Å². The molecule has 27 heavy (non-hydrogen) atoms. The van der Waals surface area contributed by atoms with Crippen LogP contribution in [0.2, 0.25) is 0 Å². The Kier molecular flexibility index (Phi) is 5.38. The van der Waals surface area contributed by atoms with Crippen LogP contribution in [0.3, 0.4) is 0 Å². The van der Waals surface area contributed by atoms with Gasteiger partial charge in [0.1, 0.15) is 5.82 Å². The minimum Gasteiger partial charge on any atom is -0.327 e. The first-order valence-electron chi connectivity index (χ1n) is 10.4. The Morgan fingerprint density at radius 2 is 1.78 bits per heavy atom. The number of anilines is 1. The van der Waals surface area contributed by atoms with Crippen LogP contribution in [0.4, 0.5) is 5.69 Å². The molecule has 1 amide bonds. The molecule has 0 saturated heterocycles. The molecule has 1 aromatic carbocycles. The van der Waals surface area contributed by atoms with E-state index in [1.807, 2.05) is 32.9 Å². The first kappa shape index (κ1) is 19.9. The van der Waals surface area contributed by atoms with E-state index in [4.69, 9.17) is 4.98 Å². The monoisotopic (exact) mass is 369 g/mol. The van der Waals surface area contributed by atoms with Crippen molar-refractivity contribution in [3.63, 3.8) is 0 Å². The molecule has 0 atom stereocenters. The van der Waals surface area contributed by atoms with Gasteiger partial charge in [0.15, 0.2) is 0 Å². The van der Waals surface area contributed by atoms with Gasteiger partial charge in [0.25, 0.3) is 0 Å². The van der Waals surface area contributed by atoms with Crippen LogP contribution in [0.15, 0.2) is 18.2 Å². The van der Waals surface area contributed by atoms with Crippen molar-refractivity contribution in [2.45, 2.75) is 85.6 Å². The third-order valence-electron chi connectivity index (χ3n) is 5.52. The standard InChI is InChI=1S/C23H35N3O/c1-22(2,3)20-25-18-14-17(24-21(27)23(4,5)6)12-13-19(18)26(20)15-16-10-8-7-9-11-16/h12-14,16H,7-11,15H2,1-6H3,(H,24,27). The van der Waals surface area contributed by atoms with Gasteiger partial charge in [0.2, 0.25) is 5.91 Å². The summed E-state index contributed by atoms with van der Waals surface area (Å²) in [6, 6.07) is 6.15. The number of benzene rings is 1. The summed E-state index contributed by atoms with van der Waals surface area (Å²) in [7, 11) is 0. The van der Waals surface area contributed by atoms with E-state index in [2.05, 4.69) is 36.7 Å². The van der Waals surface area contributed by atoms with Crippen molar-refractivity contribution in [1.82, 2.24) is 9.55 Å². The van der Waals surface area contributed by atoms with Gasteiger partial charge in [-0.05, 0) is 37.0 Å². The van der Waals surface area contributed by atoms with Gasteiger partial charge >= 0.3 is 0 Å². The zero-order valence-electron chi connectivity index (χ0n) is 17.9. The Hall–Kier alpha value is -1.84. The van der Waals surface area contributed by atoms with E-state index >= 15 is 0 Å². The normalized spacial score (nSPS) is 16.7. The van der Waals surface area contributed by atoms with Crippen LogP contribution in [0.25, 0.3) is 11.0 Å². The fraction of sp³-hybridized carbons (Fsp3) is 0.652. The van der Waals surface area contributed by atoms with Gasteiger partial charge in [0.05, 0.1) is 11.0 Å². The summed E-state index contributed by atoms with van der Waals surface area (Å²) in [4.78, 5) is 17.3. The van der Waals surface area contributed by atoms with Crippen LogP contribution in [0.5, 0.6) is 0 Å². The van der Waals surface area contributed by atoms with E-state index in [-0.39, 0.29) is 11.3 Å². The lowest BCUT2D eigenvalue weighted by Crippen LogP contribution is -2.27. The summed E-state index contributed by atoms with van der Waals surface area (Å²) in [6.07, 6.45) is 6.73. The van der Waals surface area contributed by atoms with Crippen molar-refractivity contribution < 1.29 is 4.79 Å². The van der Waals surface area contributed by atoms with Gasteiger partial charge in [-0.1, -0.05) is 60.8 Å². The quantitative estimate of drug-likeness (QED) is 0.732. The number of carbonyl (C=O) groups is 1. The number of fused-ring (bicyclic) bond motifs is 1. The van der Waals surface area contributed by atoms with Crippen LogP contribution >= 0.6 is 0 Å². The lowest BCUT2D eigenvalue weighted by Gasteiger charge is -2.26. The van der Waals surface area contributed by atoms with Crippen molar-refractivity contribution in [3.8, 4) is 0 Å². The maximum Gasteiger partial charge on any atom is 0.229 e. The molecule has 4 nitrogen and oxygen atoms in total. The minimum absolute atomic E-state index is 0.0114. The molecular weight excluding hydrogens is 334 g/mol. The Balaban J connectivity index is 1.96. The highest BCUT2D eigenvalue weighted by atomic mass is 16.2. The third-order valence-corrected chi connectivity index (χ3v) is 5.52. The van der Waals surface area contributed by atoms with Crippen molar-refractivity contribution in [1.29, 1.82) is 0 Å². The number of nitrogens with one attached hydrogen (secondary N) is 1. The summed E-state index contributed by atoms with van der Waals surface area (Å²) in [5.74, 6) is 1.92. The van der Waals surface area contributed by atoms with Crippen molar-refractivity contribution in [2.24, 2.45) is 11.3 Å². The molecule has 148 valence electrons. The maximum atomic E-state index is 12.3. The smallest absolute Gasteiger partial charge is 0.229 e. The number of carbonyl (C=O) groups excluding carboxylic acids is 1. The second kappa shape index (κ2) is 7.29. The van der Waals surface area contributed by atoms with E-state index < -0.39 is 5.41 Å². The molecule has 1 fully saturated rings. The first-order valence-corrected chi connectivity index (χ1v) is 10.4. The molecule has 1 saturated carbocycles. The zero-order chi connectivity index (χ0) is 19.8. The predicted molar refractivity (Wildman–Crippen MR) is 113 cm³/mol. The zero-order valence-corrected chi connectivity index (χ0v) is 17.9. The van der Waals surface area contributed by atoms with Gasteiger partial charge < -0.3 is 9.88 Å². The van der Waals surface area contributed by atoms with E-state index in [1.165, 1.54) is 37.6 Å². The molecule has 2 aromatic rings. The highest BCUT2D eigenvalue weighted by Gasteiger charge is 2.26. The molecule has 1 heterocycles. The fourth-order valence-corrected chi connectivity index (χ4v) is 3.91. The van der Waals surface area contributed by atoms with Crippen molar-refractivity contribution >= 4 is 22.6 Å². The van der Waals surface area contributed by atoms with Crippen molar-refractivity contribution in [3.05, 3.63) is 24.0 Å². The third kappa shape index (κ3) is 4.53. The average molecular weight is 370 g/mol. The lowest BCUT2D eigenvalue weighted by atomic mass is 9.88. The number of hydrogen-bond donors (Lipinski definition) is 1. The largest absolute Gasteiger partial charge is 0.327 e. The topological polar surface area (TPSA) is 46.9 Å². The molecule has 1 aliphatic carbocycles. The van der Waals surface area contributed by atoms with Gasteiger partial charge in [-0.25, -0.2) is 4.98 Å². The maximum absolute atomic E-state index is 12.3. The highest BCUT2D eigenvalue weighted by molar-refractivity contribution is 5.96. The molecule has 0 bridgehead atoms. The van der Waals surface area contributed by atoms with E-state index in [0.717, 1.165) is 29.5 Å². The number of aromatic nitrogens is 2. The predicted octanol–water partition coefficient (Wildman–Crippen LogP) is 5.90. The fourth-order valence-electron chi connectivity index (χ4n) is 3.91. The molecule has 1 aromatic heterocycles. The number of nitrogens with zero attached hydrogens (tertiary/aromatic N) is 2. The Bertz CT molecular complexity index is 814. The average Bonchev–Trinajstić information content (AvgIpc) is 2.93. The molecular formula is C23H35N3O. The van der Waals surface area contributed by atoms with Crippen LogP contribution in [-0.2, 0) is 16.8 Å². The molecule has 3 rings (SSSR count). The Morgan fingerprint density at radius 1 is 1.11 bits per heavy atom. The number of rotatable bonds is 3. The van der Waals surface area contributed by atoms with Crippen LogP contribution < -0.4 is 5.32 Å². The second-order valence-corrected chi connectivity index (χ2v) is 10.2. The van der Waals surface area contributed by atoms with Gasteiger partial charge in [-0.15, -0.1) is 0 Å². The minimum atomic E-state index is -0.411. The first-order chi connectivity index (χ1) is 12.6. The molecule has 0 radical (unpaired) electrons. The number of hydrogen-bond acceptors (Lipinski definition) is 2. The summed E-state index contributed by atoms with van der Waals surface area (Å²) in [6.45, 7) is 13.5.